The predicted molar refractivity (Wildman–Crippen MR) is 78.8 cm³/mol. The molecular weight excluding hydrogens is 327 g/mol. The Morgan fingerprint density at radius 3 is 2.71 bits per heavy atom. The number of benzene rings is 1. The van der Waals surface area contributed by atoms with Crippen LogP contribution < -0.4 is 10.6 Å². The van der Waals surface area contributed by atoms with E-state index in [4.69, 9.17) is 0 Å². The smallest absolute Gasteiger partial charge is 0.135 e. The average Bonchev–Trinajstić information content (AvgIpc) is 2.35. The van der Waals surface area contributed by atoms with Crippen LogP contribution in [-0.2, 0) is 0 Å². The summed E-state index contributed by atoms with van der Waals surface area (Å²) in [6.45, 7) is 2.09. The fraction of sp³-hybridized carbons (Fsp3) is 0.167. The first kappa shape index (κ1) is 12.1. The average molecular weight is 340 g/mol. The summed E-state index contributed by atoms with van der Waals surface area (Å²) in [4.78, 5) is 8.26. The third-order valence-electron chi connectivity index (χ3n) is 2.45. The van der Waals surface area contributed by atoms with Crippen LogP contribution in [0.15, 0.2) is 30.6 Å². The Balaban J connectivity index is 2.28. The van der Waals surface area contributed by atoms with Crippen LogP contribution in [0.1, 0.15) is 5.56 Å². The van der Waals surface area contributed by atoms with E-state index in [0.717, 1.165) is 17.3 Å². The van der Waals surface area contributed by atoms with E-state index in [1.54, 1.807) is 0 Å². The number of anilines is 3. The van der Waals surface area contributed by atoms with Crippen molar-refractivity contribution < 1.29 is 0 Å². The quantitative estimate of drug-likeness (QED) is 0.843. The van der Waals surface area contributed by atoms with E-state index < -0.39 is 0 Å². The van der Waals surface area contributed by atoms with Gasteiger partial charge in [0.2, 0.25) is 0 Å². The minimum absolute atomic E-state index is 0.787. The van der Waals surface area contributed by atoms with Crippen molar-refractivity contribution in [1.29, 1.82) is 0 Å². The Morgan fingerprint density at radius 2 is 1.94 bits per heavy atom. The van der Waals surface area contributed by atoms with E-state index >= 15 is 0 Å². The van der Waals surface area contributed by atoms with Gasteiger partial charge in [0, 0.05) is 22.4 Å². The SMILES string of the molecule is CNc1cc(Nc2cccc(I)c2C)ncn1. The maximum absolute atomic E-state index is 4.19. The molecule has 5 heteroatoms. The zero-order valence-corrected chi connectivity index (χ0v) is 11.8. The van der Waals surface area contributed by atoms with Gasteiger partial charge in [-0.3, -0.25) is 0 Å². The van der Waals surface area contributed by atoms with Gasteiger partial charge < -0.3 is 10.6 Å². The molecule has 0 aliphatic rings. The van der Waals surface area contributed by atoms with Crippen molar-refractivity contribution in [3.63, 3.8) is 0 Å². The van der Waals surface area contributed by atoms with Crippen LogP contribution in [0.25, 0.3) is 0 Å². The summed E-state index contributed by atoms with van der Waals surface area (Å²) in [5, 5.41) is 6.28. The molecule has 2 N–H and O–H groups in total. The molecule has 0 saturated heterocycles. The summed E-state index contributed by atoms with van der Waals surface area (Å²) in [7, 11) is 1.84. The molecule has 2 rings (SSSR count). The van der Waals surface area contributed by atoms with E-state index in [-0.39, 0.29) is 0 Å². The van der Waals surface area contributed by atoms with Gasteiger partial charge in [0.1, 0.15) is 18.0 Å². The maximum Gasteiger partial charge on any atom is 0.135 e. The molecule has 0 fully saturated rings. The first-order valence-corrected chi connectivity index (χ1v) is 6.30. The molecular formula is C12H13IN4. The van der Waals surface area contributed by atoms with Crippen molar-refractivity contribution in [1.82, 2.24) is 9.97 Å². The lowest BCUT2D eigenvalue weighted by molar-refractivity contribution is 1.16. The van der Waals surface area contributed by atoms with E-state index in [2.05, 4.69) is 56.2 Å². The molecule has 0 spiro atoms. The Kier molecular flexibility index (Phi) is 3.78. The molecule has 0 aliphatic carbocycles. The van der Waals surface area contributed by atoms with Crippen LogP contribution in [-0.4, -0.2) is 17.0 Å². The summed E-state index contributed by atoms with van der Waals surface area (Å²) in [5.41, 5.74) is 2.29. The van der Waals surface area contributed by atoms with E-state index in [0.29, 0.717) is 0 Å². The van der Waals surface area contributed by atoms with Crippen molar-refractivity contribution >= 4 is 39.9 Å². The minimum atomic E-state index is 0.787. The molecule has 0 unspecified atom stereocenters. The number of hydrogen-bond donors (Lipinski definition) is 2. The summed E-state index contributed by atoms with van der Waals surface area (Å²) in [5.74, 6) is 1.58. The van der Waals surface area contributed by atoms with Gasteiger partial charge in [-0.1, -0.05) is 6.07 Å². The van der Waals surface area contributed by atoms with Crippen molar-refractivity contribution in [3.8, 4) is 0 Å². The third-order valence-corrected chi connectivity index (χ3v) is 3.62. The number of nitrogens with one attached hydrogen (secondary N) is 2. The number of hydrogen-bond acceptors (Lipinski definition) is 4. The molecule has 0 atom stereocenters. The molecule has 1 aromatic carbocycles. The fourth-order valence-electron chi connectivity index (χ4n) is 1.44. The van der Waals surface area contributed by atoms with Crippen molar-refractivity contribution in [2.75, 3.05) is 17.7 Å². The number of rotatable bonds is 3. The van der Waals surface area contributed by atoms with Crippen LogP contribution in [0.5, 0.6) is 0 Å². The lowest BCUT2D eigenvalue weighted by atomic mass is 10.2. The summed E-state index contributed by atoms with van der Waals surface area (Å²) in [6, 6.07) is 8.02. The molecule has 4 nitrogen and oxygen atoms in total. The lowest BCUT2D eigenvalue weighted by Gasteiger charge is -2.10. The molecule has 0 aliphatic heterocycles. The molecule has 1 heterocycles. The van der Waals surface area contributed by atoms with Crippen molar-refractivity contribution in [3.05, 3.63) is 39.7 Å². The van der Waals surface area contributed by atoms with E-state index in [1.807, 2.05) is 25.2 Å². The van der Waals surface area contributed by atoms with Gasteiger partial charge in [-0.25, -0.2) is 9.97 Å². The second kappa shape index (κ2) is 5.31. The monoisotopic (exact) mass is 340 g/mol. The summed E-state index contributed by atoms with van der Waals surface area (Å²) in [6.07, 6.45) is 1.54. The van der Waals surface area contributed by atoms with Gasteiger partial charge >= 0.3 is 0 Å². The van der Waals surface area contributed by atoms with E-state index in [1.165, 1.54) is 15.5 Å². The Bertz CT molecular complexity index is 528. The van der Waals surface area contributed by atoms with E-state index in [9.17, 15) is 0 Å². The fourth-order valence-corrected chi connectivity index (χ4v) is 1.94. The lowest BCUT2D eigenvalue weighted by Crippen LogP contribution is -1.99. The minimum Gasteiger partial charge on any atom is -0.373 e. The predicted octanol–water partition coefficient (Wildman–Crippen LogP) is 3.17. The molecule has 0 radical (unpaired) electrons. The zero-order chi connectivity index (χ0) is 12.3. The first-order chi connectivity index (χ1) is 8.20. The Hall–Kier alpha value is -1.37. The summed E-state index contributed by atoms with van der Waals surface area (Å²) < 4.78 is 1.23. The van der Waals surface area contributed by atoms with Crippen LogP contribution >= 0.6 is 22.6 Å². The molecule has 0 bridgehead atoms. The Morgan fingerprint density at radius 1 is 1.18 bits per heavy atom. The zero-order valence-electron chi connectivity index (χ0n) is 9.66. The third kappa shape index (κ3) is 2.85. The number of nitrogens with zero attached hydrogens (tertiary/aromatic N) is 2. The second-order valence-corrected chi connectivity index (χ2v) is 4.74. The van der Waals surface area contributed by atoms with Crippen LogP contribution in [0.4, 0.5) is 17.3 Å². The van der Waals surface area contributed by atoms with Gasteiger partial charge in [0.25, 0.3) is 0 Å². The maximum atomic E-state index is 4.19. The van der Waals surface area contributed by atoms with Crippen LogP contribution in [0.3, 0.4) is 0 Å². The van der Waals surface area contributed by atoms with Gasteiger partial charge in [-0.05, 0) is 47.2 Å². The van der Waals surface area contributed by atoms with Crippen LogP contribution in [0.2, 0.25) is 0 Å². The van der Waals surface area contributed by atoms with Gasteiger partial charge in [-0.15, -0.1) is 0 Å². The van der Waals surface area contributed by atoms with Crippen LogP contribution in [0, 0.1) is 10.5 Å². The molecule has 2 aromatic rings. The van der Waals surface area contributed by atoms with Crippen molar-refractivity contribution in [2.24, 2.45) is 0 Å². The number of halogens is 1. The molecule has 1 aromatic heterocycles. The van der Waals surface area contributed by atoms with Gasteiger partial charge in [0.15, 0.2) is 0 Å². The first-order valence-electron chi connectivity index (χ1n) is 5.22. The van der Waals surface area contributed by atoms with Crippen molar-refractivity contribution in [2.45, 2.75) is 6.92 Å². The highest BCUT2D eigenvalue weighted by Crippen LogP contribution is 2.23. The Labute approximate surface area is 114 Å². The van der Waals surface area contributed by atoms with Gasteiger partial charge in [0.05, 0.1) is 0 Å². The molecule has 0 amide bonds. The topological polar surface area (TPSA) is 49.8 Å². The van der Waals surface area contributed by atoms with Gasteiger partial charge in [-0.2, -0.15) is 0 Å². The standard InChI is InChI=1S/C12H13IN4/c1-8-9(13)4-3-5-10(8)17-12-6-11(14-2)15-7-16-12/h3-7H,1-2H3,(H2,14,15,16,17). The summed E-state index contributed by atoms with van der Waals surface area (Å²) >= 11 is 2.32. The highest BCUT2D eigenvalue weighted by molar-refractivity contribution is 14.1. The highest BCUT2D eigenvalue weighted by Gasteiger charge is 2.03. The normalized spacial score (nSPS) is 10.1. The number of aromatic nitrogens is 2. The highest BCUT2D eigenvalue weighted by atomic mass is 127. The molecule has 88 valence electrons. The molecule has 0 saturated carbocycles. The molecule has 17 heavy (non-hydrogen) atoms. The second-order valence-electron chi connectivity index (χ2n) is 3.58. The largest absolute Gasteiger partial charge is 0.373 e.